The van der Waals surface area contributed by atoms with Crippen LogP contribution in [-0.2, 0) is 0 Å². The van der Waals surface area contributed by atoms with Gasteiger partial charge in [0.15, 0.2) is 0 Å². The third-order valence-corrected chi connectivity index (χ3v) is 2.06. The molecular weight excluding hydrogens is 235 g/mol. The summed E-state index contributed by atoms with van der Waals surface area (Å²) in [4.78, 5) is 0. The molecule has 0 fully saturated rings. The summed E-state index contributed by atoms with van der Waals surface area (Å²) in [5.41, 5.74) is 2.64. The average molecular weight is 247 g/mol. The topological polar surface area (TPSA) is 0 Å². The second kappa shape index (κ2) is 5.64. The van der Waals surface area contributed by atoms with Crippen LogP contribution in [-0.4, -0.2) is 17.1 Å². The van der Waals surface area contributed by atoms with Crippen LogP contribution >= 0.6 is 0 Å². The molecule has 0 bridgehead atoms. The monoisotopic (exact) mass is 248 g/mol. The predicted molar refractivity (Wildman–Crippen MR) is 63.1 cm³/mol. The van der Waals surface area contributed by atoms with E-state index in [9.17, 15) is 0 Å². The Hall–Kier alpha value is -1.04. The zero-order valence-corrected chi connectivity index (χ0v) is 9.60. The van der Waals surface area contributed by atoms with Crippen molar-refractivity contribution < 1.29 is 0 Å². The smallest absolute Gasteiger partial charge is 0 e. The number of hydrogen-bond acceptors (Lipinski definition) is 0. The van der Waals surface area contributed by atoms with Crippen molar-refractivity contribution in [1.29, 1.82) is 0 Å². The van der Waals surface area contributed by atoms with Crippen LogP contribution in [0.1, 0.15) is 12.0 Å². The number of benzene rings is 1. The van der Waals surface area contributed by atoms with Crippen LogP contribution in [0.5, 0.6) is 0 Å². The van der Waals surface area contributed by atoms with Crippen LogP contribution in [0.15, 0.2) is 60.2 Å². The van der Waals surface area contributed by atoms with E-state index in [2.05, 4.69) is 54.6 Å². The van der Waals surface area contributed by atoms with Crippen molar-refractivity contribution in [3.63, 3.8) is 0 Å². The molecule has 2 rings (SSSR count). The maximum atomic E-state index is 2.22. The van der Waals surface area contributed by atoms with Gasteiger partial charge in [-0.05, 0) is 17.6 Å². The second-order valence-corrected chi connectivity index (χ2v) is 3.12. The van der Waals surface area contributed by atoms with Crippen molar-refractivity contribution >= 4 is 23.1 Å². The van der Waals surface area contributed by atoms with Gasteiger partial charge in [0.05, 0.1) is 0 Å². The number of rotatable bonds is 1. The standard InChI is InChI=1S/C13H12.Se/c1-3-7-12(8-4-1)11-13-9-5-2-6-10-13;/h1-9,11H,10H2;. The first-order valence-electron chi connectivity index (χ1n) is 4.54. The first kappa shape index (κ1) is 11.0. The fraction of sp³-hybridized carbons (Fsp3) is 0.0769. The summed E-state index contributed by atoms with van der Waals surface area (Å²) in [5.74, 6) is 0. The molecule has 1 aromatic rings. The molecule has 0 nitrogen and oxygen atoms in total. The molecule has 2 radical (unpaired) electrons. The minimum atomic E-state index is 0. The third-order valence-electron chi connectivity index (χ3n) is 2.06. The fourth-order valence-corrected chi connectivity index (χ4v) is 1.40. The summed E-state index contributed by atoms with van der Waals surface area (Å²) < 4.78 is 0. The van der Waals surface area contributed by atoms with E-state index in [0.717, 1.165) is 6.42 Å². The minimum Gasteiger partial charge on any atom is -0.0801 e. The Labute approximate surface area is 95.5 Å². The van der Waals surface area contributed by atoms with Gasteiger partial charge < -0.3 is 0 Å². The van der Waals surface area contributed by atoms with Gasteiger partial charge in [-0.2, -0.15) is 0 Å². The van der Waals surface area contributed by atoms with Gasteiger partial charge in [0.25, 0.3) is 0 Å². The Morgan fingerprint density at radius 1 is 1.00 bits per heavy atom. The van der Waals surface area contributed by atoms with Gasteiger partial charge in [-0.1, -0.05) is 60.7 Å². The van der Waals surface area contributed by atoms with Crippen molar-refractivity contribution in [2.75, 3.05) is 0 Å². The van der Waals surface area contributed by atoms with Crippen LogP contribution in [0.25, 0.3) is 6.08 Å². The average Bonchev–Trinajstić information content (AvgIpc) is 2.21. The molecule has 0 unspecified atom stereocenters. The van der Waals surface area contributed by atoms with Gasteiger partial charge in [-0.3, -0.25) is 0 Å². The van der Waals surface area contributed by atoms with Gasteiger partial charge in [0.1, 0.15) is 0 Å². The Balaban J connectivity index is 0.000000980. The molecule has 70 valence electrons. The molecule has 0 heterocycles. The van der Waals surface area contributed by atoms with E-state index in [0.29, 0.717) is 0 Å². The molecule has 1 aromatic carbocycles. The molecule has 1 aliphatic carbocycles. The predicted octanol–water partition coefficient (Wildman–Crippen LogP) is 3.21. The normalized spacial score (nSPS) is 16.7. The van der Waals surface area contributed by atoms with E-state index >= 15 is 0 Å². The van der Waals surface area contributed by atoms with Crippen molar-refractivity contribution in [2.45, 2.75) is 6.42 Å². The summed E-state index contributed by atoms with van der Waals surface area (Å²) in [6, 6.07) is 10.4. The molecule has 0 aliphatic heterocycles. The van der Waals surface area contributed by atoms with Crippen molar-refractivity contribution in [3.8, 4) is 0 Å². The van der Waals surface area contributed by atoms with Crippen molar-refractivity contribution in [1.82, 2.24) is 0 Å². The zero-order chi connectivity index (χ0) is 8.93. The first-order chi connectivity index (χ1) is 6.45. The summed E-state index contributed by atoms with van der Waals surface area (Å²) >= 11 is 0. The minimum absolute atomic E-state index is 0. The van der Waals surface area contributed by atoms with Crippen LogP contribution in [0, 0.1) is 0 Å². The summed E-state index contributed by atoms with van der Waals surface area (Å²) in [6.45, 7) is 0. The van der Waals surface area contributed by atoms with Gasteiger partial charge in [0.2, 0.25) is 0 Å². The van der Waals surface area contributed by atoms with Gasteiger partial charge in [-0.25, -0.2) is 0 Å². The largest absolute Gasteiger partial charge is 0.0801 e. The van der Waals surface area contributed by atoms with E-state index in [1.807, 2.05) is 6.07 Å². The third kappa shape index (κ3) is 3.02. The molecule has 0 aromatic heterocycles. The fourth-order valence-electron chi connectivity index (χ4n) is 1.40. The summed E-state index contributed by atoms with van der Waals surface area (Å²) in [5, 5.41) is 0. The maximum Gasteiger partial charge on any atom is 0 e. The molecule has 0 spiro atoms. The Kier molecular flexibility index (Phi) is 4.45. The molecule has 14 heavy (non-hydrogen) atoms. The molecule has 0 saturated heterocycles. The summed E-state index contributed by atoms with van der Waals surface area (Å²) in [7, 11) is 0. The quantitative estimate of drug-likeness (QED) is 0.668. The zero-order valence-electron chi connectivity index (χ0n) is 7.89. The van der Waals surface area contributed by atoms with Gasteiger partial charge >= 0.3 is 0 Å². The van der Waals surface area contributed by atoms with Crippen molar-refractivity contribution in [2.24, 2.45) is 0 Å². The number of allylic oxidation sites excluding steroid dienone is 5. The van der Waals surface area contributed by atoms with Crippen LogP contribution in [0.2, 0.25) is 0 Å². The number of hydrogen-bond donors (Lipinski definition) is 0. The van der Waals surface area contributed by atoms with E-state index in [4.69, 9.17) is 0 Å². The van der Waals surface area contributed by atoms with E-state index in [1.165, 1.54) is 11.1 Å². The SMILES string of the molecule is C1=CCC(=Cc2ccccc2)C=C1.[Se]. The van der Waals surface area contributed by atoms with Crippen LogP contribution < -0.4 is 0 Å². The van der Waals surface area contributed by atoms with Crippen molar-refractivity contribution in [3.05, 3.63) is 65.8 Å². The Bertz CT molecular complexity index is 358. The van der Waals surface area contributed by atoms with Crippen LogP contribution in [0.4, 0.5) is 0 Å². The molecule has 0 saturated carbocycles. The second-order valence-electron chi connectivity index (χ2n) is 3.12. The Morgan fingerprint density at radius 2 is 1.79 bits per heavy atom. The molecule has 0 N–H and O–H groups in total. The molecular formula is C13H12Se. The van der Waals surface area contributed by atoms with Crippen LogP contribution in [0.3, 0.4) is 0 Å². The molecule has 1 aliphatic rings. The maximum absolute atomic E-state index is 2.22. The van der Waals surface area contributed by atoms with E-state index < -0.39 is 0 Å². The first-order valence-corrected chi connectivity index (χ1v) is 4.54. The molecule has 0 atom stereocenters. The van der Waals surface area contributed by atoms with E-state index in [1.54, 1.807) is 0 Å². The van der Waals surface area contributed by atoms with E-state index in [-0.39, 0.29) is 17.1 Å². The Morgan fingerprint density at radius 3 is 2.43 bits per heavy atom. The summed E-state index contributed by atoms with van der Waals surface area (Å²) in [6.07, 6.45) is 11.8. The van der Waals surface area contributed by atoms with Gasteiger partial charge in [-0.15, -0.1) is 0 Å². The molecule has 0 amide bonds. The van der Waals surface area contributed by atoms with Gasteiger partial charge in [0, 0.05) is 17.1 Å². The molecule has 1 heteroatoms.